The molecular weight excluding hydrogens is 411 g/mol. The van der Waals surface area contributed by atoms with Crippen LogP contribution >= 0.6 is 0 Å². The van der Waals surface area contributed by atoms with Crippen LogP contribution in [0, 0.1) is 18.8 Å². The summed E-state index contributed by atoms with van der Waals surface area (Å²) in [6, 6.07) is 7.66. The maximum atomic E-state index is 13.6. The largest absolute Gasteiger partial charge is 0.502 e. The molecule has 4 atom stereocenters. The third kappa shape index (κ3) is 3.45. The van der Waals surface area contributed by atoms with Crippen molar-refractivity contribution in [2.75, 3.05) is 12.1 Å². The first kappa shape index (κ1) is 21.3. The van der Waals surface area contributed by atoms with Crippen LogP contribution < -0.4 is 10.4 Å². The van der Waals surface area contributed by atoms with Crippen molar-refractivity contribution in [2.45, 2.75) is 45.1 Å². The molecule has 4 rings (SSSR count). The molecule has 1 fully saturated rings. The average Bonchev–Trinajstić information content (AvgIpc) is 2.67. The molecule has 2 aromatic rings. The molecule has 0 spiro atoms. The topological polar surface area (TPSA) is 65.8 Å². The molecule has 0 bridgehead atoms. The van der Waals surface area contributed by atoms with Crippen molar-refractivity contribution in [1.29, 1.82) is 0 Å². The van der Waals surface area contributed by atoms with E-state index in [9.17, 15) is 27.9 Å². The Hall–Kier alpha value is -2.97. The lowest BCUT2D eigenvalue weighted by molar-refractivity contribution is -0.151. The second-order valence-corrected chi connectivity index (χ2v) is 8.53. The van der Waals surface area contributed by atoms with Gasteiger partial charge in [-0.15, -0.1) is 0 Å². The lowest BCUT2D eigenvalue weighted by Crippen LogP contribution is -2.66. The van der Waals surface area contributed by atoms with Crippen LogP contribution in [0.15, 0.2) is 41.3 Å². The first-order chi connectivity index (χ1) is 14.5. The summed E-state index contributed by atoms with van der Waals surface area (Å²) >= 11 is 0. The number of benzene rings is 1. The van der Waals surface area contributed by atoms with Crippen molar-refractivity contribution in [2.24, 2.45) is 11.8 Å². The molecule has 0 saturated carbocycles. The number of carbonyl (C=O) groups excluding carboxylic acids is 1. The fourth-order valence-electron chi connectivity index (χ4n) is 5.19. The minimum atomic E-state index is -4.36. The van der Waals surface area contributed by atoms with Gasteiger partial charge in [0.15, 0.2) is 11.4 Å². The van der Waals surface area contributed by atoms with E-state index in [4.69, 9.17) is 0 Å². The fourth-order valence-corrected chi connectivity index (χ4v) is 5.19. The summed E-state index contributed by atoms with van der Waals surface area (Å²) in [5.41, 5.74) is 0.611. The van der Waals surface area contributed by atoms with E-state index in [0.29, 0.717) is 0 Å². The molecule has 6 nitrogen and oxygen atoms in total. The minimum absolute atomic E-state index is 0.232. The second kappa shape index (κ2) is 7.32. The standard InChI is InChI=1S/C22H24F3N3O3/c1-12-6-4-5-7-15(12)17-14(11-22(23,24)25)10-13(2)20-26(3)21(31)18-19(30)16(29)8-9-27(18)28(17)20/h4-9,13-14,17,20,30H,10-11H2,1-3H3. The number of alkyl halides is 3. The van der Waals surface area contributed by atoms with Gasteiger partial charge in [-0.05, 0) is 36.3 Å². The van der Waals surface area contributed by atoms with Crippen LogP contribution in [0.3, 0.4) is 0 Å². The molecule has 1 aromatic heterocycles. The van der Waals surface area contributed by atoms with Gasteiger partial charge in [0.05, 0.1) is 6.04 Å². The monoisotopic (exact) mass is 435 g/mol. The number of fused-ring (bicyclic) bond motifs is 3. The normalized spacial score (nSPS) is 25.9. The number of nitrogens with zero attached hydrogens (tertiary/aromatic N) is 3. The maximum absolute atomic E-state index is 13.6. The zero-order chi connectivity index (χ0) is 22.7. The van der Waals surface area contributed by atoms with E-state index < -0.39 is 47.8 Å². The van der Waals surface area contributed by atoms with Crippen molar-refractivity contribution < 1.29 is 23.1 Å². The van der Waals surface area contributed by atoms with Crippen LogP contribution in [0.1, 0.15) is 47.4 Å². The van der Waals surface area contributed by atoms with Crippen LogP contribution in [0.5, 0.6) is 5.75 Å². The summed E-state index contributed by atoms with van der Waals surface area (Å²) in [5.74, 6) is -2.28. The number of pyridine rings is 1. The molecular formula is C22H24F3N3O3. The van der Waals surface area contributed by atoms with E-state index in [-0.39, 0.29) is 18.0 Å². The van der Waals surface area contributed by atoms with Crippen LogP contribution in [0.4, 0.5) is 13.2 Å². The molecule has 0 radical (unpaired) electrons. The fraction of sp³-hybridized carbons (Fsp3) is 0.455. The Morgan fingerprint density at radius 1 is 1.16 bits per heavy atom. The van der Waals surface area contributed by atoms with Crippen molar-refractivity contribution in [1.82, 2.24) is 9.58 Å². The predicted molar refractivity (Wildman–Crippen MR) is 108 cm³/mol. The van der Waals surface area contributed by atoms with Gasteiger partial charge in [-0.2, -0.15) is 13.2 Å². The van der Waals surface area contributed by atoms with Crippen molar-refractivity contribution >= 4 is 5.91 Å². The Morgan fingerprint density at radius 3 is 2.48 bits per heavy atom. The Labute approximate surface area is 177 Å². The molecule has 1 amide bonds. The number of halogens is 3. The molecule has 2 aliphatic heterocycles. The zero-order valence-electron chi connectivity index (χ0n) is 17.4. The van der Waals surface area contributed by atoms with Gasteiger partial charge in [0.1, 0.15) is 6.17 Å². The third-order valence-corrected chi connectivity index (χ3v) is 6.41. The van der Waals surface area contributed by atoms with Crippen LogP contribution in [0.25, 0.3) is 0 Å². The molecule has 4 unspecified atom stereocenters. The number of carbonyl (C=O) groups is 1. The quantitative estimate of drug-likeness (QED) is 0.784. The number of aromatic nitrogens is 1. The van der Waals surface area contributed by atoms with Crippen LogP contribution in [-0.4, -0.2) is 40.0 Å². The van der Waals surface area contributed by atoms with E-state index in [1.807, 2.05) is 26.0 Å². The molecule has 9 heteroatoms. The lowest BCUT2D eigenvalue weighted by Gasteiger charge is -2.56. The van der Waals surface area contributed by atoms with E-state index >= 15 is 0 Å². The Kier molecular flexibility index (Phi) is 5.02. The summed E-state index contributed by atoms with van der Waals surface area (Å²) in [7, 11) is 1.55. The second-order valence-electron chi connectivity index (χ2n) is 8.53. The van der Waals surface area contributed by atoms with E-state index in [2.05, 4.69) is 0 Å². The van der Waals surface area contributed by atoms with E-state index in [0.717, 1.165) is 17.2 Å². The highest BCUT2D eigenvalue weighted by molar-refractivity contribution is 5.96. The van der Waals surface area contributed by atoms with Gasteiger partial charge < -0.3 is 10.0 Å². The Morgan fingerprint density at radius 2 is 1.84 bits per heavy atom. The van der Waals surface area contributed by atoms with E-state index in [1.54, 1.807) is 24.2 Å². The number of rotatable bonds is 2. The number of aryl methyl sites for hydroxylation is 1. The Bertz CT molecular complexity index is 1080. The molecule has 166 valence electrons. The number of piperidine rings is 1. The lowest BCUT2D eigenvalue weighted by atomic mass is 9.76. The molecule has 31 heavy (non-hydrogen) atoms. The van der Waals surface area contributed by atoms with Crippen molar-refractivity contribution in [3.8, 4) is 5.75 Å². The molecule has 1 N–H and O–H groups in total. The number of hydrogen-bond donors (Lipinski definition) is 1. The highest BCUT2D eigenvalue weighted by Crippen LogP contribution is 2.48. The summed E-state index contributed by atoms with van der Waals surface area (Å²) < 4.78 is 42.1. The average molecular weight is 435 g/mol. The summed E-state index contributed by atoms with van der Waals surface area (Å²) in [6.45, 7) is 3.67. The van der Waals surface area contributed by atoms with Gasteiger partial charge in [-0.3, -0.25) is 19.3 Å². The van der Waals surface area contributed by atoms with Gasteiger partial charge in [0.2, 0.25) is 5.43 Å². The molecule has 3 heterocycles. The number of aromatic hydroxyl groups is 1. The van der Waals surface area contributed by atoms with Crippen molar-refractivity contribution in [3.63, 3.8) is 0 Å². The molecule has 1 saturated heterocycles. The van der Waals surface area contributed by atoms with Crippen LogP contribution in [0.2, 0.25) is 0 Å². The van der Waals surface area contributed by atoms with Gasteiger partial charge in [-0.25, -0.2) is 0 Å². The van der Waals surface area contributed by atoms with Gasteiger partial charge in [0, 0.05) is 25.7 Å². The summed E-state index contributed by atoms with van der Waals surface area (Å²) in [4.78, 5) is 26.4. The highest BCUT2D eigenvalue weighted by Gasteiger charge is 2.51. The maximum Gasteiger partial charge on any atom is 0.389 e. The SMILES string of the molecule is Cc1ccccc1C1C(CC(F)(F)F)CC(C)C2N(C)C(=O)c3c(O)c(=O)ccn3N12. The minimum Gasteiger partial charge on any atom is -0.502 e. The number of amides is 1. The molecule has 1 aromatic carbocycles. The molecule has 0 aliphatic carbocycles. The molecule has 2 aliphatic rings. The van der Waals surface area contributed by atoms with Crippen LogP contribution in [-0.2, 0) is 0 Å². The Balaban J connectivity index is 1.98. The smallest absolute Gasteiger partial charge is 0.389 e. The van der Waals surface area contributed by atoms with Gasteiger partial charge in [-0.1, -0.05) is 31.2 Å². The number of hydrogen-bond acceptors (Lipinski definition) is 4. The highest BCUT2D eigenvalue weighted by atomic mass is 19.4. The van der Waals surface area contributed by atoms with Gasteiger partial charge >= 0.3 is 6.18 Å². The van der Waals surface area contributed by atoms with Crippen molar-refractivity contribution in [3.05, 3.63) is 63.6 Å². The first-order valence-electron chi connectivity index (χ1n) is 10.1. The summed E-state index contributed by atoms with van der Waals surface area (Å²) in [5, 5.41) is 12.1. The first-order valence-corrected chi connectivity index (χ1v) is 10.1. The van der Waals surface area contributed by atoms with E-state index in [1.165, 1.54) is 15.8 Å². The third-order valence-electron chi connectivity index (χ3n) is 6.41. The van der Waals surface area contributed by atoms with Gasteiger partial charge in [0.25, 0.3) is 5.91 Å². The predicted octanol–water partition coefficient (Wildman–Crippen LogP) is 3.56. The summed E-state index contributed by atoms with van der Waals surface area (Å²) in [6.07, 6.45) is -4.22. The zero-order valence-corrected chi connectivity index (χ0v) is 17.4.